The summed E-state index contributed by atoms with van der Waals surface area (Å²) < 4.78 is 2.12. The molecule has 0 atom stereocenters. The molecule has 0 N–H and O–H groups in total. The summed E-state index contributed by atoms with van der Waals surface area (Å²) in [6, 6.07) is 0. The fourth-order valence-electron chi connectivity index (χ4n) is 0.776. The van der Waals surface area contributed by atoms with Gasteiger partial charge in [-0.3, -0.25) is 4.58 Å². The van der Waals surface area contributed by atoms with Gasteiger partial charge in [-0.15, -0.1) is 0 Å². The molecule has 44 valence electrons. The van der Waals surface area contributed by atoms with Gasteiger partial charge in [0.15, 0.2) is 0 Å². The summed E-state index contributed by atoms with van der Waals surface area (Å²) in [4.78, 5) is 2.03. The van der Waals surface area contributed by atoms with Gasteiger partial charge in [-0.25, -0.2) is 4.90 Å². The fraction of sp³-hybridized carbons (Fsp3) is 0.500. The number of rotatable bonds is 0. The summed E-state index contributed by atoms with van der Waals surface area (Å²) in [5.74, 6) is 0. The second-order valence-electron chi connectivity index (χ2n) is 2.11. The minimum Gasteiger partial charge on any atom is -0.267 e. The normalized spacial score (nSPS) is 18.8. The average Bonchev–Trinajstić information content (AvgIpc) is 1.64. The van der Waals surface area contributed by atoms with Gasteiger partial charge < -0.3 is 0 Å². The van der Waals surface area contributed by atoms with Gasteiger partial charge in [0.05, 0.1) is 20.3 Å². The molecular weight excluding hydrogens is 100 g/mol. The first-order chi connectivity index (χ1) is 3.79. The Hall–Kier alpha value is -0.790. The van der Waals surface area contributed by atoms with E-state index in [4.69, 9.17) is 0 Å². The Balaban J connectivity index is 2.60. The lowest BCUT2D eigenvalue weighted by Crippen LogP contribution is -2.22. The Morgan fingerprint density at radius 1 is 1.62 bits per heavy atom. The maximum atomic E-state index is 2.12. The van der Waals surface area contributed by atoms with Crippen LogP contribution in [0, 0.1) is 0 Å². The highest BCUT2D eigenvalue weighted by atomic mass is 15.2. The van der Waals surface area contributed by atoms with Crippen LogP contribution in [0.3, 0.4) is 0 Å². The smallest absolute Gasteiger partial charge is 0.238 e. The Labute approximate surface area is 49.7 Å². The molecule has 0 aromatic heterocycles. The quantitative estimate of drug-likeness (QED) is 0.402. The van der Waals surface area contributed by atoms with Crippen molar-refractivity contribution in [2.75, 3.05) is 20.6 Å². The monoisotopic (exact) mass is 111 g/mol. The van der Waals surface area contributed by atoms with Crippen LogP contribution in [0.4, 0.5) is 0 Å². The van der Waals surface area contributed by atoms with Crippen LogP contribution in [0.15, 0.2) is 12.3 Å². The highest BCUT2D eigenvalue weighted by Crippen LogP contribution is 1.85. The highest BCUT2D eigenvalue weighted by molar-refractivity contribution is 5.50. The van der Waals surface area contributed by atoms with E-state index in [-0.39, 0.29) is 0 Å². The minimum absolute atomic E-state index is 1.03. The molecule has 0 saturated heterocycles. The molecular formula is C6H11N2+. The van der Waals surface area contributed by atoms with E-state index < -0.39 is 0 Å². The summed E-state index contributed by atoms with van der Waals surface area (Å²) in [5.41, 5.74) is 0. The van der Waals surface area contributed by atoms with Gasteiger partial charge in [0.1, 0.15) is 6.54 Å². The lowest BCUT2D eigenvalue weighted by Gasteiger charge is -2.06. The van der Waals surface area contributed by atoms with Crippen LogP contribution in [0.1, 0.15) is 0 Å². The zero-order chi connectivity index (χ0) is 5.98. The molecule has 0 aliphatic carbocycles. The number of hydrogen-bond acceptors (Lipinski definition) is 1. The lowest BCUT2D eigenvalue weighted by molar-refractivity contribution is -0.487. The van der Waals surface area contributed by atoms with E-state index in [0.29, 0.717) is 0 Å². The van der Waals surface area contributed by atoms with E-state index in [2.05, 4.69) is 30.2 Å². The maximum Gasteiger partial charge on any atom is 0.238 e. The Bertz CT molecular complexity index is 135. The predicted molar refractivity (Wildman–Crippen MR) is 34.0 cm³/mol. The molecule has 8 heavy (non-hydrogen) atoms. The van der Waals surface area contributed by atoms with E-state index >= 15 is 0 Å². The lowest BCUT2D eigenvalue weighted by atomic mass is 10.5. The van der Waals surface area contributed by atoms with Gasteiger partial charge in [-0.2, -0.15) is 0 Å². The third kappa shape index (κ3) is 1.09. The van der Waals surface area contributed by atoms with E-state index in [1.165, 1.54) is 0 Å². The van der Waals surface area contributed by atoms with E-state index in [1.54, 1.807) is 0 Å². The molecule has 2 nitrogen and oxygen atoms in total. The molecule has 0 unspecified atom stereocenters. The second kappa shape index (κ2) is 1.99. The molecule has 0 fully saturated rings. The van der Waals surface area contributed by atoms with Crippen molar-refractivity contribution >= 4 is 6.34 Å². The van der Waals surface area contributed by atoms with E-state index in [1.807, 2.05) is 11.9 Å². The van der Waals surface area contributed by atoms with Crippen molar-refractivity contribution in [3.8, 4) is 0 Å². The Kier molecular flexibility index (Phi) is 1.33. The van der Waals surface area contributed by atoms with Crippen molar-refractivity contribution in [2.24, 2.45) is 0 Å². The molecule has 0 saturated carbocycles. The second-order valence-corrected chi connectivity index (χ2v) is 2.11. The zero-order valence-corrected chi connectivity index (χ0v) is 5.33. The molecule has 1 aliphatic heterocycles. The molecule has 0 radical (unpaired) electrons. The molecule has 1 heterocycles. The summed E-state index contributed by atoms with van der Waals surface area (Å²) in [6.45, 7) is 1.03. The summed E-state index contributed by atoms with van der Waals surface area (Å²) >= 11 is 0. The molecule has 0 bridgehead atoms. The standard InChI is InChI=1S/C6H11N2/c1-7-4-3-5-8(2)6-7/h3-4,6H,5H2,1-2H3/q+1. The van der Waals surface area contributed by atoms with Crippen molar-refractivity contribution in [1.29, 1.82) is 0 Å². The van der Waals surface area contributed by atoms with Crippen LogP contribution in [-0.4, -0.2) is 36.5 Å². The SMILES string of the molecule is CN1C=CC[N+](C)=C1. The van der Waals surface area contributed by atoms with Gasteiger partial charge in [-0.05, 0) is 6.08 Å². The van der Waals surface area contributed by atoms with Crippen LogP contribution in [0.25, 0.3) is 0 Å². The van der Waals surface area contributed by atoms with Crippen molar-refractivity contribution < 1.29 is 4.58 Å². The van der Waals surface area contributed by atoms with Crippen molar-refractivity contribution in [3.05, 3.63) is 12.3 Å². The van der Waals surface area contributed by atoms with E-state index in [0.717, 1.165) is 6.54 Å². The third-order valence-electron chi connectivity index (χ3n) is 1.11. The van der Waals surface area contributed by atoms with Gasteiger partial charge in [-0.1, -0.05) is 0 Å². The Morgan fingerprint density at radius 3 is 2.75 bits per heavy atom. The molecule has 1 aliphatic rings. The predicted octanol–water partition coefficient (Wildman–Crippen LogP) is 0.116. The first-order valence-corrected chi connectivity index (χ1v) is 2.73. The number of nitrogens with zero attached hydrogens (tertiary/aromatic N) is 2. The van der Waals surface area contributed by atoms with Gasteiger partial charge in [0.2, 0.25) is 6.34 Å². The van der Waals surface area contributed by atoms with Crippen LogP contribution in [0.5, 0.6) is 0 Å². The summed E-state index contributed by atoms with van der Waals surface area (Å²) in [6.07, 6.45) is 6.24. The third-order valence-corrected chi connectivity index (χ3v) is 1.11. The largest absolute Gasteiger partial charge is 0.267 e. The van der Waals surface area contributed by atoms with Gasteiger partial charge >= 0.3 is 0 Å². The first-order valence-electron chi connectivity index (χ1n) is 2.73. The molecule has 0 spiro atoms. The first kappa shape index (κ1) is 5.35. The fourth-order valence-corrected chi connectivity index (χ4v) is 0.776. The number of likely N-dealkylation sites (N-methyl/N-ethyl adjacent to an activating group) is 1. The van der Waals surface area contributed by atoms with Gasteiger partial charge in [0.25, 0.3) is 0 Å². The van der Waals surface area contributed by atoms with Gasteiger partial charge in [0, 0.05) is 0 Å². The van der Waals surface area contributed by atoms with Crippen molar-refractivity contribution in [3.63, 3.8) is 0 Å². The molecule has 2 heteroatoms. The molecule has 1 rings (SSSR count). The zero-order valence-electron chi connectivity index (χ0n) is 5.33. The summed E-state index contributed by atoms with van der Waals surface area (Å²) in [7, 11) is 4.08. The maximum absolute atomic E-state index is 2.12. The van der Waals surface area contributed by atoms with Crippen LogP contribution in [0.2, 0.25) is 0 Å². The Morgan fingerprint density at radius 2 is 2.38 bits per heavy atom. The van der Waals surface area contributed by atoms with E-state index in [9.17, 15) is 0 Å². The summed E-state index contributed by atoms with van der Waals surface area (Å²) in [5, 5.41) is 0. The van der Waals surface area contributed by atoms with Crippen molar-refractivity contribution in [1.82, 2.24) is 4.90 Å². The topological polar surface area (TPSA) is 6.25 Å². The average molecular weight is 111 g/mol. The molecule has 0 amide bonds. The minimum atomic E-state index is 1.03. The van der Waals surface area contributed by atoms with Crippen LogP contribution in [-0.2, 0) is 0 Å². The van der Waals surface area contributed by atoms with Crippen molar-refractivity contribution in [2.45, 2.75) is 0 Å². The van der Waals surface area contributed by atoms with Crippen LogP contribution < -0.4 is 0 Å². The highest BCUT2D eigenvalue weighted by Gasteiger charge is 1.99. The molecule has 0 aromatic carbocycles. The number of hydrogen-bond donors (Lipinski definition) is 0. The van der Waals surface area contributed by atoms with Crippen LogP contribution >= 0.6 is 0 Å². The molecule has 0 aromatic rings.